The molecule has 0 bridgehead atoms. The molecule has 2 aromatic heterocycles. The van der Waals surface area contributed by atoms with Crippen LogP contribution < -0.4 is 15.8 Å². The highest BCUT2D eigenvalue weighted by Gasteiger charge is 2.30. The molecule has 0 spiro atoms. The zero-order chi connectivity index (χ0) is 18.4. The van der Waals surface area contributed by atoms with Gasteiger partial charge in [0.15, 0.2) is 0 Å². The molecular formula is C15H13F3N4O3. The van der Waals surface area contributed by atoms with Crippen LogP contribution in [0.25, 0.3) is 0 Å². The number of rotatable bonds is 6. The van der Waals surface area contributed by atoms with Gasteiger partial charge in [-0.05, 0) is 18.2 Å². The van der Waals surface area contributed by atoms with E-state index in [2.05, 4.69) is 15.3 Å². The first-order chi connectivity index (χ1) is 11.8. The fourth-order valence-electron chi connectivity index (χ4n) is 1.72. The number of nitrogens with one attached hydrogen (secondary N) is 1. The molecule has 2 rings (SSSR count). The van der Waals surface area contributed by atoms with E-state index in [1.165, 1.54) is 18.3 Å². The SMILES string of the molecule is NC(=O)c1ccc(C(=O)NCCOc2ccc(C(F)(F)F)cn2)nc1. The Balaban J connectivity index is 1.78. The van der Waals surface area contributed by atoms with Crippen molar-refractivity contribution in [1.82, 2.24) is 15.3 Å². The molecule has 10 heteroatoms. The maximum absolute atomic E-state index is 12.4. The van der Waals surface area contributed by atoms with E-state index in [0.29, 0.717) is 6.20 Å². The molecular weight excluding hydrogens is 341 g/mol. The Bertz CT molecular complexity index is 746. The van der Waals surface area contributed by atoms with Crippen LogP contribution in [0, 0.1) is 0 Å². The maximum atomic E-state index is 12.4. The molecule has 0 aromatic carbocycles. The minimum Gasteiger partial charge on any atom is -0.476 e. The number of hydrogen-bond donors (Lipinski definition) is 2. The summed E-state index contributed by atoms with van der Waals surface area (Å²) >= 11 is 0. The first kappa shape index (κ1) is 18.2. The van der Waals surface area contributed by atoms with Crippen molar-refractivity contribution in [3.63, 3.8) is 0 Å². The second kappa shape index (κ2) is 7.60. The fourth-order valence-corrected chi connectivity index (χ4v) is 1.72. The number of carbonyl (C=O) groups excluding carboxylic acids is 2. The van der Waals surface area contributed by atoms with Gasteiger partial charge in [-0.1, -0.05) is 0 Å². The lowest BCUT2D eigenvalue weighted by Crippen LogP contribution is -2.29. The summed E-state index contributed by atoms with van der Waals surface area (Å²) in [6, 6.07) is 4.65. The average molecular weight is 354 g/mol. The number of pyridine rings is 2. The topological polar surface area (TPSA) is 107 Å². The number of nitrogens with zero attached hydrogens (tertiary/aromatic N) is 2. The zero-order valence-corrected chi connectivity index (χ0v) is 12.7. The number of nitrogens with two attached hydrogens (primary N) is 1. The highest BCUT2D eigenvalue weighted by atomic mass is 19.4. The lowest BCUT2D eigenvalue weighted by atomic mass is 10.2. The lowest BCUT2D eigenvalue weighted by molar-refractivity contribution is -0.137. The standard InChI is InChI=1S/C15H13F3N4O3/c16-15(17,18)10-2-4-12(22-8-10)25-6-5-20-14(24)11-3-1-9(7-21-11)13(19)23/h1-4,7-8H,5-6H2,(H2,19,23)(H,20,24). The lowest BCUT2D eigenvalue weighted by Gasteiger charge is -2.09. The van der Waals surface area contributed by atoms with E-state index in [1.54, 1.807) is 0 Å². The summed E-state index contributed by atoms with van der Waals surface area (Å²) in [6.45, 7) is 0.0876. The van der Waals surface area contributed by atoms with Gasteiger partial charge in [-0.25, -0.2) is 4.98 Å². The predicted molar refractivity (Wildman–Crippen MR) is 79.8 cm³/mol. The molecule has 0 saturated carbocycles. The molecule has 25 heavy (non-hydrogen) atoms. The van der Waals surface area contributed by atoms with Crippen LogP contribution in [-0.4, -0.2) is 34.9 Å². The van der Waals surface area contributed by atoms with E-state index in [-0.39, 0.29) is 30.3 Å². The van der Waals surface area contributed by atoms with Crippen LogP contribution in [0.1, 0.15) is 26.4 Å². The third-order valence-corrected chi connectivity index (χ3v) is 2.98. The molecule has 0 fully saturated rings. The smallest absolute Gasteiger partial charge is 0.417 e. The van der Waals surface area contributed by atoms with Gasteiger partial charge in [0, 0.05) is 18.5 Å². The Labute approximate surface area is 140 Å². The van der Waals surface area contributed by atoms with Gasteiger partial charge >= 0.3 is 6.18 Å². The quantitative estimate of drug-likeness (QED) is 0.763. The Morgan fingerprint density at radius 1 is 1.12 bits per heavy atom. The Kier molecular flexibility index (Phi) is 5.52. The summed E-state index contributed by atoms with van der Waals surface area (Å²) < 4.78 is 42.3. The zero-order valence-electron chi connectivity index (χ0n) is 12.7. The minimum atomic E-state index is -4.46. The third kappa shape index (κ3) is 5.16. The third-order valence-electron chi connectivity index (χ3n) is 2.98. The monoisotopic (exact) mass is 354 g/mol. The van der Waals surface area contributed by atoms with Crippen molar-refractivity contribution >= 4 is 11.8 Å². The first-order valence-electron chi connectivity index (χ1n) is 6.97. The van der Waals surface area contributed by atoms with Crippen molar-refractivity contribution in [3.05, 3.63) is 53.5 Å². The molecule has 132 valence electrons. The number of primary amides is 1. The van der Waals surface area contributed by atoms with Crippen molar-refractivity contribution in [2.24, 2.45) is 5.73 Å². The number of alkyl halides is 3. The molecule has 0 atom stereocenters. The molecule has 2 aromatic rings. The molecule has 3 N–H and O–H groups in total. The van der Waals surface area contributed by atoms with E-state index < -0.39 is 23.6 Å². The van der Waals surface area contributed by atoms with Gasteiger partial charge < -0.3 is 15.8 Å². The summed E-state index contributed by atoms with van der Waals surface area (Å²) in [5.41, 5.74) is 4.44. The first-order valence-corrected chi connectivity index (χ1v) is 6.97. The van der Waals surface area contributed by atoms with Crippen LogP contribution in [-0.2, 0) is 6.18 Å². The van der Waals surface area contributed by atoms with Crippen LogP contribution in [0.15, 0.2) is 36.7 Å². The van der Waals surface area contributed by atoms with Gasteiger partial charge in [0.2, 0.25) is 11.8 Å². The number of amides is 2. The number of aromatic nitrogens is 2. The largest absolute Gasteiger partial charge is 0.476 e. The van der Waals surface area contributed by atoms with Crippen molar-refractivity contribution in [3.8, 4) is 5.88 Å². The summed E-state index contributed by atoms with van der Waals surface area (Å²) in [5.74, 6) is -1.15. The van der Waals surface area contributed by atoms with Gasteiger partial charge in [-0.15, -0.1) is 0 Å². The van der Waals surface area contributed by atoms with E-state index in [0.717, 1.165) is 12.1 Å². The second-order valence-electron chi connectivity index (χ2n) is 4.78. The summed E-state index contributed by atoms with van der Waals surface area (Å²) in [7, 11) is 0. The summed E-state index contributed by atoms with van der Waals surface area (Å²) in [4.78, 5) is 30.0. The molecule has 7 nitrogen and oxygen atoms in total. The molecule has 0 aliphatic heterocycles. The Hall–Kier alpha value is -3.17. The van der Waals surface area contributed by atoms with Crippen molar-refractivity contribution in [1.29, 1.82) is 0 Å². The minimum absolute atomic E-state index is 0.00345. The van der Waals surface area contributed by atoms with Crippen molar-refractivity contribution in [2.45, 2.75) is 6.18 Å². The van der Waals surface area contributed by atoms with Crippen LogP contribution in [0.5, 0.6) is 5.88 Å². The molecule has 0 saturated heterocycles. The maximum Gasteiger partial charge on any atom is 0.417 e. The molecule has 0 radical (unpaired) electrons. The van der Waals surface area contributed by atoms with Crippen LogP contribution >= 0.6 is 0 Å². The van der Waals surface area contributed by atoms with Gasteiger partial charge in [-0.3, -0.25) is 14.6 Å². The van der Waals surface area contributed by atoms with Gasteiger partial charge in [0.25, 0.3) is 5.91 Å². The summed E-state index contributed by atoms with van der Waals surface area (Å²) in [6.07, 6.45) is -2.62. The number of carbonyl (C=O) groups is 2. The number of hydrogen-bond acceptors (Lipinski definition) is 5. The van der Waals surface area contributed by atoms with Crippen LogP contribution in [0.2, 0.25) is 0 Å². The van der Waals surface area contributed by atoms with Gasteiger partial charge in [0.1, 0.15) is 12.3 Å². The van der Waals surface area contributed by atoms with Gasteiger partial charge in [-0.2, -0.15) is 13.2 Å². The summed E-state index contributed by atoms with van der Waals surface area (Å²) in [5, 5.41) is 2.50. The molecule has 0 unspecified atom stereocenters. The fraction of sp³-hybridized carbons (Fsp3) is 0.200. The highest BCUT2D eigenvalue weighted by Crippen LogP contribution is 2.29. The van der Waals surface area contributed by atoms with E-state index >= 15 is 0 Å². The predicted octanol–water partition coefficient (Wildman–Crippen LogP) is 1.40. The van der Waals surface area contributed by atoms with Crippen LogP contribution in [0.3, 0.4) is 0 Å². The molecule has 2 amide bonds. The van der Waals surface area contributed by atoms with Crippen molar-refractivity contribution < 1.29 is 27.5 Å². The van der Waals surface area contributed by atoms with Crippen LogP contribution in [0.4, 0.5) is 13.2 Å². The van der Waals surface area contributed by atoms with E-state index in [1.807, 2.05) is 0 Å². The highest BCUT2D eigenvalue weighted by molar-refractivity contribution is 5.95. The molecule has 0 aliphatic carbocycles. The Morgan fingerprint density at radius 3 is 2.40 bits per heavy atom. The average Bonchev–Trinajstić information content (AvgIpc) is 2.58. The number of halogens is 3. The van der Waals surface area contributed by atoms with E-state index in [4.69, 9.17) is 10.5 Å². The Morgan fingerprint density at radius 2 is 1.88 bits per heavy atom. The van der Waals surface area contributed by atoms with E-state index in [9.17, 15) is 22.8 Å². The molecule has 2 heterocycles. The number of ether oxygens (including phenoxy) is 1. The molecule has 0 aliphatic rings. The van der Waals surface area contributed by atoms with Gasteiger partial charge in [0.05, 0.1) is 17.7 Å². The normalized spacial score (nSPS) is 11.0. The van der Waals surface area contributed by atoms with Crippen molar-refractivity contribution in [2.75, 3.05) is 13.2 Å². The second-order valence-corrected chi connectivity index (χ2v) is 4.78.